The molecule has 6 heteroatoms. The fourth-order valence-electron chi connectivity index (χ4n) is 1.29. The van der Waals surface area contributed by atoms with Crippen molar-refractivity contribution in [1.29, 1.82) is 0 Å². The monoisotopic (exact) mass is 292 g/mol. The second kappa shape index (κ2) is 4.37. The Labute approximate surface area is 107 Å². The van der Waals surface area contributed by atoms with Gasteiger partial charge in [0.25, 0.3) is 9.05 Å². The molecule has 0 saturated heterocycles. The van der Waals surface area contributed by atoms with Crippen molar-refractivity contribution in [2.45, 2.75) is 4.90 Å². The summed E-state index contributed by atoms with van der Waals surface area (Å²) >= 11 is 7.30. The minimum absolute atomic E-state index is 0.0540. The van der Waals surface area contributed by atoms with E-state index in [9.17, 15) is 8.42 Å². The maximum Gasteiger partial charge on any atom is 0.262 e. The fraction of sp³-hybridized carbons (Fsp3) is 0. The lowest BCUT2D eigenvalue weighted by Crippen LogP contribution is -1.92. The van der Waals surface area contributed by atoms with Crippen LogP contribution < -0.4 is 0 Å². The summed E-state index contributed by atoms with van der Waals surface area (Å²) in [6.07, 6.45) is 0. The third kappa shape index (κ3) is 2.40. The molecule has 0 aliphatic carbocycles. The van der Waals surface area contributed by atoms with E-state index < -0.39 is 9.05 Å². The first-order chi connectivity index (χ1) is 7.48. The summed E-state index contributed by atoms with van der Waals surface area (Å²) in [7, 11) is 1.49. The van der Waals surface area contributed by atoms with Gasteiger partial charge in [-0.1, -0.05) is 23.7 Å². The van der Waals surface area contributed by atoms with Crippen molar-refractivity contribution in [2.75, 3.05) is 0 Å². The summed E-state index contributed by atoms with van der Waals surface area (Å²) in [4.78, 5) is 0.917. The van der Waals surface area contributed by atoms with Crippen molar-refractivity contribution in [1.82, 2.24) is 0 Å². The van der Waals surface area contributed by atoms with E-state index in [1.807, 2.05) is 17.5 Å². The van der Waals surface area contributed by atoms with Crippen molar-refractivity contribution in [3.05, 3.63) is 40.7 Å². The Hall–Kier alpha value is -0.550. The lowest BCUT2D eigenvalue weighted by atomic mass is 10.2. The molecule has 2 rings (SSSR count). The Bertz CT molecular complexity index is 604. The molecule has 0 spiro atoms. The molecule has 0 unspecified atom stereocenters. The van der Waals surface area contributed by atoms with Crippen molar-refractivity contribution in [3.8, 4) is 10.4 Å². The van der Waals surface area contributed by atoms with Gasteiger partial charge in [0, 0.05) is 15.6 Å². The molecule has 16 heavy (non-hydrogen) atoms. The molecule has 1 aromatic carbocycles. The smallest absolute Gasteiger partial charge is 0.207 e. The zero-order chi connectivity index (χ0) is 11.8. The zero-order valence-corrected chi connectivity index (χ0v) is 11.0. The number of halogens is 2. The molecule has 0 fully saturated rings. The maximum atomic E-state index is 11.3. The van der Waals surface area contributed by atoms with Crippen LogP contribution >= 0.6 is 33.6 Å². The van der Waals surface area contributed by atoms with Gasteiger partial charge in [-0.3, -0.25) is 0 Å². The quantitative estimate of drug-likeness (QED) is 0.784. The van der Waals surface area contributed by atoms with Gasteiger partial charge in [0.15, 0.2) is 0 Å². The van der Waals surface area contributed by atoms with Crippen LogP contribution in [-0.2, 0) is 9.05 Å². The third-order valence-corrected chi connectivity index (χ3v) is 4.72. The topological polar surface area (TPSA) is 34.1 Å². The van der Waals surface area contributed by atoms with E-state index in [1.54, 1.807) is 6.07 Å². The van der Waals surface area contributed by atoms with Crippen LogP contribution in [0.25, 0.3) is 10.4 Å². The van der Waals surface area contributed by atoms with E-state index in [4.69, 9.17) is 22.3 Å². The summed E-state index contributed by atoms with van der Waals surface area (Å²) in [5.41, 5.74) is 0.790. The number of rotatable bonds is 2. The van der Waals surface area contributed by atoms with E-state index in [1.165, 1.54) is 23.5 Å². The molecule has 0 aliphatic heterocycles. The van der Waals surface area contributed by atoms with Gasteiger partial charge in [-0.05, 0) is 29.1 Å². The lowest BCUT2D eigenvalue weighted by Gasteiger charge is -2.03. The highest BCUT2D eigenvalue weighted by atomic mass is 35.7. The molecule has 0 saturated carbocycles. The molecule has 0 bridgehead atoms. The number of hydrogen-bond donors (Lipinski definition) is 0. The Balaban J connectivity index is 2.61. The van der Waals surface area contributed by atoms with Gasteiger partial charge in [0.1, 0.15) is 4.90 Å². The van der Waals surface area contributed by atoms with Crippen LogP contribution in [0, 0.1) is 0 Å². The third-order valence-electron chi connectivity index (χ3n) is 2.00. The number of hydrogen-bond acceptors (Lipinski definition) is 3. The predicted molar refractivity (Wildman–Crippen MR) is 67.8 cm³/mol. The van der Waals surface area contributed by atoms with E-state index in [0.29, 0.717) is 0 Å². The van der Waals surface area contributed by atoms with E-state index >= 15 is 0 Å². The van der Waals surface area contributed by atoms with E-state index in [2.05, 4.69) is 0 Å². The van der Waals surface area contributed by atoms with Crippen LogP contribution in [0.5, 0.6) is 0 Å². The highest BCUT2D eigenvalue weighted by Gasteiger charge is 2.15. The second-order valence-electron chi connectivity index (χ2n) is 3.06. The molecule has 84 valence electrons. The molecule has 0 atom stereocenters. The van der Waals surface area contributed by atoms with Crippen molar-refractivity contribution >= 4 is 42.7 Å². The van der Waals surface area contributed by atoms with Crippen LogP contribution in [0.15, 0.2) is 40.6 Å². The van der Waals surface area contributed by atoms with E-state index in [0.717, 1.165) is 10.4 Å². The average Bonchev–Trinajstić information content (AvgIpc) is 2.69. The molecular weight excluding hydrogens is 287 g/mol. The normalized spacial score (nSPS) is 11.6. The Kier molecular flexibility index (Phi) is 3.26. The standard InChI is InChI=1S/C10H6Cl2O2S2/c11-8-4-3-7(9-2-1-5-15-9)6-10(8)16(12,13)14/h1-6H. The van der Waals surface area contributed by atoms with Crippen molar-refractivity contribution in [3.63, 3.8) is 0 Å². The zero-order valence-electron chi connectivity index (χ0n) is 7.85. The minimum atomic E-state index is -3.80. The minimum Gasteiger partial charge on any atom is -0.207 e. The first-order valence-electron chi connectivity index (χ1n) is 4.26. The van der Waals surface area contributed by atoms with Crippen LogP contribution in [0.1, 0.15) is 0 Å². The van der Waals surface area contributed by atoms with Gasteiger partial charge in [-0.25, -0.2) is 8.42 Å². The molecule has 2 aromatic rings. The lowest BCUT2D eigenvalue weighted by molar-refractivity contribution is 0.609. The number of thiophene rings is 1. The molecule has 1 heterocycles. The summed E-state index contributed by atoms with van der Waals surface area (Å²) < 4.78 is 22.5. The largest absolute Gasteiger partial charge is 0.262 e. The molecule has 0 aliphatic rings. The van der Waals surface area contributed by atoms with Gasteiger partial charge >= 0.3 is 0 Å². The molecule has 2 nitrogen and oxygen atoms in total. The van der Waals surface area contributed by atoms with Gasteiger partial charge in [0.05, 0.1) is 5.02 Å². The fourth-order valence-corrected chi connectivity index (χ4v) is 3.50. The highest BCUT2D eigenvalue weighted by molar-refractivity contribution is 8.13. The Morgan fingerprint density at radius 1 is 1.19 bits per heavy atom. The average molecular weight is 293 g/mol. The van der Waals surface area contributed by atoms with Crippen LogP contribution in [0.4, 0.5) is 0 Å². The van der Waals surface area contributed by atoms with Crippen LogP contribution in [0.3, 0.4) is 0 Å². The summed E-state index contributed by atoms with van der Waals surface area (Å²) in [5.74, 6) is 0. The van der Waals surface area contributed by atoms with Gasteiger partial charge in [-0.2, -0.15) is 0 Å². The van der Waals surface area contributed by atoms with Crippen LogP contribution in [0.2, 0.25) is 5.02 Å². The molecule has 0 radical (unpaired) electrons. The maximum absolute atomic E-state index is 11.3. The van der Waals surface area contributed by atoms with Crippen molar-refractivity contribution < 1.29 is 8.42 Å². The molecule has 1 aromatic heterocycles. The Morgan fingerprint density at radius 3 is 2.50 bits per heavy atom. The molecule has 0 N–H and O–H groups in total. The van der Waals surface area contributed by atoms with Crippen LogP contribution in [-0.4, -0.2) is 8.42 Å². The highest BCUT2D eigenvalue weighted by Crippen LogP contribution is 2.32. The van der Waals surface area contributed by atoms with Gasteiger partial charge in [-0.15, -0.1) is 11.3 Å². The summed E-state index contributed by atoms with van der Waals surface area (Å²) in [5, 5.41) is 2.05. The molecular formula is C10H6Cl2O2S2. The first kappa shape index (κ1) is 11.9. The van der Waals surface area contributed by atoms with Gasteiger partial charge < -0.3 is 0 Å². The molecule has 0 amide bonds. The number of benzene rings is 1. The summed E-state index contributed by atoms with van der Waals surface area (Å²) in [6, 6.07) is 8.57. The van der Waals surface area contributed by atoms with Crippen molar-refractivity contribution in [2.24, 2.45) is 0 Å². The van der Waals surface area contributed by atoms with E-state index in [-0.39, 0.29) is 9.92 Å². The second-order valence-corrected chi connectivity index (χ2v) is 6.95. The Morgan fingerprint density at radius 2 is 1.94 bits per heavy atom. The first-order valence-corrected chi connectivity index (χ1v) is 7.83. The predicted octanol–water partition coefficient (Wildman–Crippen LogP) is 4.00. The van der Waals surface area contributed by atoms with Gasteiger partial charge in [0.2, 0.25) is 0 Å². The SMILES string of the molecule is O=S(=O)(Cl)c1cc(-c2cccs2)ccc1Cl. The summed E-state index contributed by atoms with van der Waals surface area (Å²) in [6.45, 7) is 0.